The summed E-state index contributed by atoms with van der Waals surface area (Å²) in [4.78, 5) is 0. The molecule has 0 aliphatic rings. The van der Waals surface area contributed by atoms with Gasteiger partial charge in [-0.15, -0.1) is 0 Å². The largest absolute Gasteiger partial charge is 0.458 e. The van der Waals surface area contributed by atoms with Gasteiger partial charge in [-0.3, -0.25) is 0 Å². The maximum absolute atomic E-state index is 9.41. The van der Waals surface area contributed by atoms with E-state index in [1.54, 1.807) is 20.1 Å². The molecule has 1 aromatic heterocycles. The van der Waals surface area contributed by atoms with E-state index in [4.69, 9.17) is 9.15 Å². The lowest BCUT2D eigenvalue weighted by molar-refractivity contribution is 0.170. The molecule has 0 bridgehead atoms. The van der Waals surface area contributed by atoms with Crippen molar-refractivity contribution in [2.45, 2.75) is 19.6 Å². The van der Waals surface area contributed by atoms with E-state index in [0.717, 1.165) is 16.9 Å². The van der Waals surface area contributed by atoms with Gasteiger partial charge in [0.05, 0.1) is 6.61 Å². The Labute approximate surface area is 101 Å². The Hall–Kier alpha value is -1.58. The Balaban J connectivity index is 2.28. The van der Waals surface area contributed by atoms with Gasteiger partial charge in [0.2, 0.25) is 0 Å². The van der Waals surface area contributed by atoms with E-state index in [0.29, 0.717) is 12.4 Å². The van der Waals surface area contributed by atoms with E-state index in [2.05, 4.69) is 0 Å². The first-order valence-electron chi connectivity index (χ1n) is 5.57. The molecule has 1 unspecified atom stereocenters. The molecule has 0 aliphatic carbocycles. The van der Waals surface area contributed by atoms with Crippen LogP contribution in [0.4, 0.5) is 0 Å². The first-order valence-corrected chi connectivity index (χ1v) is 5.57. The van der Waals surface area contributed by atoms with Gasteiger partial charge in [-0.05, 0) is 30.7 Å². The third-order valence-corrected chi connectivity index (χ3v) is 2.56. The van der Waals surface area contributed by atoms with Crippen LogP contribution in [0.25, 0.3) is 11.3 Å². The minimum atomic E-state index is -0.578. The molecule has 1 N–H and O–H groups in total. The molecule has 1 aromatic carbocycles. The summed E-state index contributed by atoms with van der Waals surface area (Å²) in [6.45, 7) is 2.27. The fourth-order valence-electron chi connectivity index (χ4n) is 1.71. The van der Waals surface area contributed by atoms with Gasteiger partial charge in [-0.2, -0.15) is 0 Å². The van der Waals surface area contributed by atoms with Crippen molar-refractivity contribution in [2.24, 2.45) is 0 Å². The van der Waals surface area contributed by atoms with E-state index in [9.17, 15) is 5.11 Å². The maximum atomic E-state index is 9.41. The SMILES string of the molecule is COCc1cccc(-c2ccc(C(C)O)o2)c1. The number of ether oxygens (including phenoxy) is 1. The average molecular weight is 232 g/mol. The second-order valence-corrected chi connectivity index (χ2v) is 4.01. The Kier molecular flexibility index (Phi) is 3.61. The molecule has 0 fully saturated rings. The van der Waals surface area contributed by atoms with Crippen LogP contribution in [0, 0.1) is 0 Å². The van der Waals surface area contributed by atoms with Gasteiger partial charge in [0, 0.05) is 12.7 Å². The van der Waals surface area contributed by atoms with Gasteiger partial charge in [-0.25, -0.2) is 0 Å². The molecule has 0 saturated carbocycles. The summed E-state index contributed by atoms with van der Waals surface area (Å²) in [6, 6.07) is 11.6. The highest BCUT2D eigenvalue weighted by molar-refractivity contribution is 5.58. The lowest BCUT2D eigenvalue weighted by Crippen LogP contribution is -1.87. The van der Waals surface area contributed by atoms with E-state index < -0.39 is 6.10 Å². The van der Waals surface area contributed by atoms with E-state index >= 15 is 0 Å². The number of aliphatic hydroxyl groups is 1. The molecule has 0 saturated heterocycles. The van der Waals surface area contributed by atoms with Crippen molar-refractivity contribution in [3.8, 4) is 11.3 Å². The minimum Gasteiger partial charge on any atom is -0.458 e. The zero-order chi connectivity index (χ0) is 12.3. The van der Waals surface area contributed by atoms with Crippen LogP contribution in [-0.4, -0.2) is 12.2 Å². The predicted molar refractivity (Wildman–Crippen MR) is 65.5 cm³/mol. The van der Waals surface area contributed by atoms with Crippen molar-refractivity contribution in [3.63, 3.8) is 0 Å². The lowest BCUT2D eigenvalue weighted by atomic mass is 10.1. The highest BCUT2D eigenvalue weighted by Crippen LogP contribution is 2.25. The van der Waals surface area contributed by atoms with Crippen LogP contribution in [-0.2, 0) is 11.3 Å². The van der Waals surface area contributed by atoms with Crippen LogP contribution in [0.15, 0.2) is 40.8 Å². The summed E-state index contributed by atoms with van der Waals surface area (Å²) in [6.07, 6.45) is -0.578. The molecule has 1 atom stereocenters. The first kappa shape index (κ1) is 11.9. The van der Waals surface area contributed by atoms with Crippen molar-refractivity contribution in [1.29, 1.82) is 0 Å². The third-order valence-electron chi connectivity index (χ3n) is 2.56. The van der Waals surface area contributed by atoms with Crippen molar-refractivity contribution in [3.05, 3.63) is 47.7 Å². The summed E-state index contributed by atoms with van der Waals surface area (Å²) in [5, 5.41) is 9.41. The molecular weight excluding hydrogens is 216 g/mol. The molecular formula is C14H16O3. The van der Waals surface area contributed by atoms with E-state index in [-0.39, 0.29) is 0 Å². The average Bonchev–Trinajstić information content (AvgIpc) is 2.79. The summed E-state index contributed by atoms with van der Waals surface area (Å²) in [7, 11) is 1.67. The second kappa shape index (κ2) is 5.17. The van der Waals surface area contributed by atoms with Gasteiger partial charge in [0.1, 0.15) is 17.6 Å². The van der Waals surface area contributed by atoms with Crippen LogP contribution < -0.4 is 0 Å². The highest BCUT2D eigenvalue weighted by Gasteiger charge is 2.08. The molecule has 17 heavy (non-hydrogen) atoms. The molecule has 2 rings (SSSR count). The van der Waals surface area contributed by atoms with E-state index in [1.165, 1.54) is 0 Å². The molecule has 2 aromatic rings. The summed E-state index contributed by atoms with van der Waals surface area (Å²) < 4.78 is 10.7. The lowest BCUT2D eigenvalue weighted by Gasteiger charge is -2.03. The number of methoxy groups -OCH3 is 1. The van der Waals surface area contributed by atoms with Crippen molar-refractivity contribution >= 4 is 0 Å². The Bertz CT molecular complexity index is 486. The molecule has 0 spiro atoms. The van der Waals surface area contributed by atoms with Crippen LogP contribution >= 0.6 is 0 Å². The molecule has 1 heterocycles. The molecule has 3 heteroatoms. The molecule has 0 amide bonds. The molecule has 0 aliphatic heterocycles. The zero-order valence-corrected chi connectivity index (χ0v) is 10.0. The van der Waals surface area contributed by atoms with Crippen molar-refractivity contribution in [1.82, 2.24) is 0 Å². The third kappa shape index (κ3) is 2.75. The molecule has 90 valence electrons. The van der Waals surface area contributed by atoms with Gasteiger partial charge < -0.3 is 14.3 Å². The predicted octanol–water partition coefficient (Wildman–Crippen LogP) is 3.15. The van der Waals surface area contributed by atoms with Crippen LogP contribution in [0.5, 0.6) is 0 Å². The van der Waals surface area contributed by atoms with Gasteiger partial charge >= 0.3 is 0 Å². The number of hydrogen-bond donors (Lipinski definition) is 1. The quantitative estimate of drug-likeness (QED) is 0.880. The number of benzene rings is 1. The normalized spacial score (nSPS) is 12.6. The summed E-state index contributed by atoms with van der Waals surface area (Å²) in [5.41, 5.74) is 2.09. The van der Waals surface area contributed by atoms with Crippen molar-refractivity contribution in [2.75, 3.05) is 7.11 Å². The number of hydrogen-bond acceptors (Lipinski definition) is 3. The Morgan fingerprint density at radius 3 is 2.76 bits per heavy atom. The first-order chi connectivity index (χ1) is 8.20. The number of aliphatic hydroxyl groups excluding tert-OH is 1. The highest BCUT2D eigenvalue weighted by atomic mass is 16.5. The smallest absolute Gasteiger partial charge is 0.134 e. The molecule has 3 nitrogen and oxygen atoms in total. The van der Waals surface area contributed by atoms with Gasteiger partial charge in [-0.1, -0.05) is 18.2 Å². The summed E-state index contributed by atoms with van der Waals surface area (Å²) >= 11 is 0. The minimum absolute atomic E-state index is 0.578. The fourth-order valence-corrected chi connectivity index (χ4v) is 1.71. The van der Waals surface area contributed by atoms with Crippen LogP contribution in [0.2, 0.25) is 0 Å². The zero-order valence-electron chi connectivity index (χ0n) is 10.0. The molecule has 0 radical (unpaired) electrons. The van der Waals surface area contributed by atoms with Crippen LogP contribution in [0.1, 0.15) is 24.4 Å². The topological polar surface area (TPSA) is 42.6 Å². The van der Waals surface area contributed by atoms with E-state index in [1.807, 2.05) is 30.3 Å². The van der Waals surface area contributed by atoms with Crippen LogP contribution in [0.3, 0.4) is 0 Å². The maximum Gasteiger partial charge on any atom is 0.134 e. The van der Waals surface area contributed by atoms with Gasteiger partial charge in [0.15, 0.2) is 0 Å². The fraction of sp³-hybridized carbons (Fsp3) is 0.286. The second-order valence-electron chi connectivity index (χ2n) is 4.01. The standard InChI is InChI=1S/C14H16O3/c1-10(15)13-6-7-14(17-13)12-5-3-4-11(8-12)9-16-2/h3-8,10,15H,9H2,1-2H3. The Morgan fingerprint density at radius 2 is 2.12 bits per heavy atom. The number of furan rings is 1. The summed E-state index contributed by atoms with van der Waals surface area (Å²) in [5.74, 6) is 1.34. The Morgan fingerprint density at radius 1 is 1.29 bits per heavy atom. The van der Waals surface area contributed by atoms with Gasteiger partial charge in [0.25, 0.3) is 0 Å². The monoisotopic (exact) mass is 232 g/mol. The number of rotatable bonds is 4. The van der Waals surface area contributed by atoms with Crippen molar-refractivity contribution < 1.29 is 14.3 Å².